The lowest BCUT2D eigenvalue weighted by atomic mass is 10.0. The molecule has 0 N–H and O–H groups in total. The number of esters is 1. The Kier molecular flexibility index (Phi) is 4.27. The lowest BCUT2D eigenvalue weighted by Crippen LogP contribution is -2.42. The first-order valence-electron chi connectivity index (χ1n) is 6.09. The summed E-state index contributed by atoms with van der Waals surface area (Å²) in [5, 5.41) is 0. The zero-order valence-electron chi connectivity index (χ0n) is 11.0. The van der Waals surface area contributed by atoms with Crippen LogP contribution >= 0.6 is 11.3 Å². The fourth-order valence-electron chi connectivity index (χ4n) is 2.20. The Morgan fingerprint density at radius 2 is 2.21 bits per heavy atom. The molecular formula is C12H17NO4S2. The van der Waals surface area contributed by atoms with E-state index in [1.54, 1.807) is 12.1 Å². The molecule has 0 bridgehead atoms. The Hall–Kier alpha value is -0.920. The minimum atomic E-state index is -3.47. The predicted octanol–water partition coefficient (Wildman–Crippen LogP) is 1.63. The molecule has 1 aromatic rings. The fourth-order valence-corrected chi connectivity index (χ4v) is 5.16. The third kappa shape index (κ3) is 2.98. The first kappa shape index (κ1) is 14.5. The van der Waals surface area contributed by atoms with Gasteiger partial charge in [-0.3, -0.25) is 4.79 Å². The summed E-state index contributed by atoms with van der Waals surface area (Å²) in [5.41, 5.74) is 0. The van der Waals surface area contributed by atoms with E-state index in [2.05, 4.69) is 0 Å². The van der Waals surface area contributed by atoms with Gasteiger partial charge in [0.05, 0.1) is 13.0 Å². The number of sulfonamides is 1. The molecule has 1 aliphatic heterocycles. The number of aryl methyl sites for hydroxylation is 1. The highest BCUT2D eigenvalue weighted by molar-refractivity contribution is 7.91. The summed E-state index contributed by atoms with van der Waals surface area (Å²) in [6.45, 7) is 2.55. The molecule has 1 aliphatic rings. The molecule has 1 saturated heterocycles. The van der Waals surface area contributed by atoms with Crippen LogP contribution in [0.3, 0.4) is 0 Å². The second-order valence-electron chi connectivity index (χ2n) is 4.59. The minimum absolute atomic E-state index is 0.214. The van der Waals surface area contributed by atoms with Gasteiger partial charge in [-0.05, 0) is 31.9 Å². The van der Waals surface area contributed by atoms with Gasteiger partial charge in [-0.1, -0.05) is 0 Å². The van der Waals surface area contributed by atoms with Crippen LogP contribution in [0.15, 0.2) is 16.3 Å². The number of nitrogens with zero attached hydrogens (tertiary/aromatic N) is 1. The van der Waals surface area contributed by atoms with Gasteiger partial charge in [0.1, 0.15) is 4.21 Å². The fraction of sp³-hybridized carbons (Fsp3) is 0.583. The maximum absolute atomic E-state index is 12.4. The molecular weight excluding hydrogens is 286 g/mol. The van der Waals surface area contributed by atoms with Crippen LogP contribution in [0.5, 0.6) is 0 Å². The quantitative estimate of drug-likeness (QED) is 0.796. The molecule has 106 valence electrons. The van der Waals surface area contributed by atoms with Gasteiger partial charge >= 0.3 is 5.97 Å². The van der Waals surface area contributed by atoms with Gasteiger partial charge in [0.15, 0.2) is 0 Å². The van der Waals surface area contributed by atoms with E-state index in [1.807, 2.05) is 6.92 Å². The van der Waals surface area contributed by atoms with Gasteiger partial charge in [0.2, 0.25) is 0 Å². The number of ether oxygens (including phenoxy) is 1. The van der Waals surface area contributed by atoms with Gasteiger partial charge < -0.3 is 4.74 Å². The summed E-state index contributed by atoms with van der Waals surface area (Å²) in [7, 11) is -2.14. The van der Waals surface area contributed by atoms with Crippen LogP contribution in [-0.4, -0.2) is 38.9 Å². The maximum Gasteiger partial charge on any atom is 0.309 e. The van der Waals surface area contributed by atoms with Crippen molar-refractivity contribution in [3.63, 3.8) is 0 Å². The predicted molar refractivity (Wildman–Crippen MR) is 72.6 cm³/mol. The average Bonchev–Trinajstić information content (AvgIpc) is 2.85. The van der Waals surface area contributed by atoms with E-state index < -0.39 is 10.0 Å². The smallest absolute Gasteiger partial charge is 0.309 e. The summed E-state index contributed by atoms with van der Waals surface area (Å²) in [5.74, 6) is -0.683. The van der Waals surface area contributed by atoms with Crippen molar-refractivity contribution in [1.82, 2.24) is 4.31 Å². The number of carbonyl (C=O) groups excluding carboxylic acids is 1. The highest BCUT2D eigenvalue weighted by atomic mass is 32.2. The first-order valence-corrected chi connectivity index (χ1v) is 8.35. The van der Waals surface area contributed by atoms with E-state index in [1.165, 1.54) is 22.8 Å². The average molecular weight is 303 g/mol. The third-order valence-electron chi connectivity index (χ3n) is 3.23. The Morgan fingerprint density at radius 1 is 1.47 bits per heavy atom. The second kappa shape index (κ2) is 5.60. The van der Waals surface area contributed by atoms with E-state index in [9.17, 15) is 13.2 Å². The summed E-state index contributed by atoms with van der Waals surface area (Å²) < 4.78 is 31.3. The molecule has 0 radical (unpaired) electrons. The van der Waals surface area contributed by atoms with Crippen LogP contribution in [0, 0.1) is 12.8 Å². The molecule has 1 aromatic heterocycles. The van der Waals surface area contributed by atoms with Crippen molar-refractivity contribution in [3.05, 3.63) is 17.0 Å². The Labute approximate surface area is 117 Å². The van der Waals surface area contributed by atoms with Crippen molar-refractivity contribution in [2.24, 2.45) is 5.92 Å². The van der Waals surface area contributed by atoms with E-state index in [0.29, 0.717) is 23.6 Å². The molecule has 0 spiro atoms. The summed E-state index contributed by atoms with van der Waals surface area (Å²) in [6, 6.07) is 3.41. The highest BCUT2D eigenvalue weighted by Crippen LogP contribution is 2.28. The number of hydrogen-bond acceptors (Lipinski definition) is 5. The summed E-state index contributed by atoms with van der Waals surface area (Å²) in [6.07, 6.45) is 1.37. The molecule has 0 saturated carbocycles. The van der Waals surface area contributed by atoms with Crippen molar-refractivity contribution in [2.45, 2.75) is 24.0 Å². The molecule has 2 heterocycles. The normalized spacial score (nSPS) is 21.3. The number of thiophene rings is 1. The van der Waals surface area contributed by atoms with E-state index >= 15 is 0 Å². The maximum atomic E-state index is 12.4. The van der Waals surface area contributed by atoms with Gasteiger partial charge in [-0.25, -0.2) is 8.42 Å². The van der Waals surface area contributed by atoms with Gasteiger partial charge in [-0.15, -0.1) is 11.3 Å². The highest BCUT2D eigenvalue weighted by Gasteiger charge is 2.34. The molecule has 0 amide bonds. The van der Waals surface area contributed by atoms with Gasteiger partial charge in [0, 0.05) is 18.0 Å². The van der Waals surface area contributed by atoms with E-state index in [0.717, 1.165) is 4.88 Å². The number of rotatable bonds is 3. The first-order chi connectivity index (χ1) is 8.95. The summed E-state index contributed by atoms with van der Waals surface area (Å²) >= 11 is 1.26. The molecule has 0 aliphatic carbocycles. The molecule has 5 nitrogen and oxygen atoms in total. The van der Waals surface area contributed by atoms with Crippen LogP contribution in [0.4, 0.5) is 0 Å². The molecule has 19 heavy (non-hydrogen) atoms. The van der Waals surface area contributed by atoms with Crippen molar-refractivity contribution in [1.29, 1.82) is 0 Å². The Balaban J connectivity index is 2.19. The van der Waals surface area contributed by atoms with E-state index in [-0.39, 0.29) is 18.4 Å². The van der Waals surface area contributed by atoms with Crippen LogP contribution < -0.4 is 0 Å². The number of methoxy groups -OCH3 is 1. The number of hydrogen-bond donors (Lipinski definition) is 0. The molecule has 1 atom stereocenters. The molecule has 2 rings (SSSR count). The molecule has 1 fully saturated rings. The van der Waals surface area contributed by atoms with Crippen molar-refractivity contribution in [3.8, 4) is 0 Å². The number of carbonyl (C=O) groups is 1. The van der Waals surface area contributed by atoms with Gasteiger partial charge in [0.25, 0.3) is 10.0 Å². The largest absolute Gasteiger partial charge is 0.469 e. The van der Waals surface area contributed by atoms with Crippen molar-refractivity contribution < 1.29 is 17.9 Å². The number of piperidine rings is 1. The lowest BCUT2D eigenvalue weighted by Gasteiger charge is -2.29. The van der Waals surface area contributed by atoms with E-state index in [4.69, 9.17) is 4.74 Å². The topological polar surface area (TPSA) is 63.7 Å². The minimum Gasteiger partial charge on any atom is -0.469 e. The Morgan fingerprint density at radius 3 is 2.79 bits per heavy atom. The monoisotopic (exact) mass is 303 g/mol. The zero-order chi connectivity index (χ0) is 14.0. The van der Waals surface area contributed by atoms with Crippen LogP contribution in [-0.2, 0) is 19.6 Å². The second-order valence-corrected chi connectivity index (χ2v) is 8.04. The summed E-state index contributed by atoms with van der Waals surface area (Å²) in [4.78, 5) is 12.5. The molecule has 7 heteroatoms. The standard InChI is InChI=1S/C12H17NO4S2/c1-9-5-6-11(18-9)19(15,16)13-7-3-4-10(8-13)12(14)17-2/h5-6,10H,3-4,7-8H2,1-2H3. The third-order valence-corrected chi connectivity index (χ3v) is 6.56. The zero-order valence-corrected chi connectivity index (χ0v) is 12.6. The Bertz CT molecular complexity index is 564. The van der Waals surface area contributed by atoms with Crippen LogP contribution in [0.25, 0.3) is 0 Å². The van der Waals surface area contributed by atoms with Crippen molar-refractivity contribution in [2.75, 3.05) is 20.2 Å². The van der Waals surface area contributed by atoms with Gasteiger partial charge in [-0.2, -0.15) is 4.31 Å². The van der Waals surface area contributed by atoms with Crippen LogP contribution in [0.2, 0.25) is 0 Å². The van der Waals surface area contributed by atoms with Crippen LogP contribution in [0.1, 0.15) is 17.7 Å². The molecule has 1 unspecified atom stereocenters. The SMILES string of the molecule is COC(=O)C1CCCN(S(=O)(=O)c2ccc(C)s2)C1. The lowest BCUT2D eigenvalue weighted by molar-refractivity contribution is -0.146. The molecule has 0 aromatic carbocycles. The van der Waals surface area contributed by atoms with Crippen molar-refractivity contribution >= 4 is 27.3 Å².